The van der Waals surface area contributed by atoms with E-state index in [-0.39, 0.29) is 6.03 Å². The highest BCUT2D eigenvalue weighted by molar-refractivity contribution is 7.13. The third kappa shape index (κ3) is 1.67. The van der Waals surface area contributed by atoms with E-state index in [4.69, 9.17) is 0 Å². The minimum atomic E-state index is -0.00819. The minimum absolute atomic E-state index is 0.00819. The highest BCUT2D eigenvalue weighted by atomic mass is 32.1. The smallest absolute Gasteiger partial charge is 0.321 e. The van der Waals surface area contributed by atoms with Crippen molar-refractivity contribution in [3.8, 4) is 0 Å². The Morgan fingerprint density at radius 1 is 1.50 bits per heavy atom. The number of anilines is 1. The first-order chi connectivity index (χ1) is 7.84. The van der Waals surface area contributed by atoms with E-state index in [9.17, 15) is 4.79 Å². The Bertz CT molecular complexity index is 380. The van der Waals surface area contributed by atoms with Gasteiger partial charge < -0.3 is 4.90 Å². The molecule has 1 aliphatic carbocycles. The Balaban J connectivity index is 1.67. The molecule has 2 aliphatic rings. The third-order valence-corrected chi connectivity index (χ3v) is 4.20. The van der Waals surface area contributed by atoms with E-state index in [1.54, 1.807) is 5.51 Å². The molecule has 1 aromatic heterocycles. The standard InChI is InChI=1S/C10H14N4OS/c15-10(12-9-13-11-6-16-9)14-5-4-7-2-1-3-8(7)14/h6-8H,1-5H2,(H,12,13,15). The molecule has 6 heteroatoms. The lowest BCUT2D eigenvalue weighted by Crippen LogP contribution is -2.39. The van der Waals surface area contributed by atoms with Crippen LogP contribution < -0.4 is 5.32 Å². The van der Waals surface area contributed by atoms with Crippen molar-refractivity contribution in [2.45, 2.75) is 31.7 Å². The third-order valence-electron chi connectivity index (χ3n) is 3.59. The number of nitrogens with zero attached hydrogens (tertiary/aromatic N) is 3. The maximum absolute atomic E-state index is 12.0. The molecule has 2 unspecified atom stereocenters. The summed E-state index contributed by atoms with van der Waals surface area (Å²) in [5.74, 6) is 0.736. The second-order valence-corrected chi connectivity index (χ2v) is 5.25. The molecular formula is C10H14N4OS. The fraction of sp³-hybridized carbons (Fsp3) is 0.700. The summed E-state index contributed by atoms with van der Waals surface area (Å²) in [5.41, 5.74) is 1.62. The van der Waals surface area contributed by atoms with Crippen molar-refractivity contribution < 1.29 is 4.79 Å². The van der Waals surface area contributed by atoms with Crippen LogP contribution in [0.1, 0.15) is 25.7 Å². The fourth-order valence-corrected chi connectivity index (χ4v) is 3.31. The lowest BCUT2D eigenvalue weighted by atomic mass is 10.1. The van der Waals surface area contributed by atoms with Crippen molar-refractivity contribution in [3.05, 3.63) is 5.51 Å². The van der Waals surface area contributed by atoms with E-state index in [0.717, 1.165) is 25.3 Å². The Labute approximate surface area is 97.9 Å². The van der Waals surface area contributed by atoms with Gasteiger partial charge in [-0.2, -0.15) is 0 Å². The number of hydrogen-bond donors (Lipinski definition) is 1. The predicted octanol–water partition coefficient (Wildman–Crippen LogP) is 1.94. The van der Waals surface area contributed by atoms with Crippen LogP contribution in [-0.2, 0) is 0 Å². The highest BCUT2D eigenvalue weighted by Gasteiger charge is 2.39. The van der Waals surface area contributed by atoms with Crippen LogP contribution in [0.4, 0.5) is 9.93 Å². The zero-order valence-electron chi connectivity index (χ0n) is 8.93. The molecule has 2 amide bonds. The molecule has 0 aromatic carbocycles. The van der Waals surface area contributed by atoms with Gasteiger partial charge in [-0.1, -0.05) is 17.8 Å². The van der Waals surface area contributed by atoms with Gasteiger partial charge in [0.2, 0.25) is 5.13 Å². The van der Waals surface area contributed by atoms with E-state index in [2.05, 4.69) is 15.5 Å². The quantitative estimate of drug-likeness (QED) is 0.813. The summed E-state index contributed by atoms with van der Waals surface area (Å²) < 4.78 is 0. The first-order valence-electron chi connectivity index (χ1n) is 5.68. The van der Waals surface area contributed by atoms with Crippen molar-refractivity contribution in [2.24, 2.45) is 5.92 Å². The zero-order valence-corrected chi connectivity index (χ0v) is 9.74. The molecule has 0 radical (unpaired) electrons. The van der Waals surface area contributed by atoms with Crippen molar-refractivity contribution in [1.82, 2.24) is 15.1 Å². The molecule has 2 atom stereocenters. The monoisotopic (exact) mass is 238 g/mol. The van der Waals surface area contributed by atoms with Crippen LogP contribution in [0.25, 0.3) is 0 Å². The van der Waals surface area contributed by atoms with Crippen LogP contribution in [0.2, 0.25) is 0 Å². The van der Waals surface area contributed by atoms with Crippen LogP contribution in [-0.4, -0.2) is 33.7 Å². The van der Waals surface area contributed by atoms with E-state index < -0.39 is 0 Å². The maximum atomic E-state index is 12.0. The van der Waals surface area contributed by atoms with Crippen LogP contribution in [0, 0.1) is 5.92 Å². The van der Waals surface area contributed by atoms with Crippen molar-refractivity contribution in [2.75, 3.05) is 11.9 Å². The Kier molecular flexibility index (Phi) is 2.51. The predicted molar refractivity (Wildman–Crippen MR) is 61.4 cm³/mol. The van der Waals surface area contributed by atoms with Crippen LogP contribution >= 0.6 is 11.3 Å². The number of carbonyl (C=O) groups excluding carboxylic acids is 1. The molecule has 5 nitrogen and oxygen atoms in total. The molecular weight excluding hydrogens is 224 g/mol. The summed E-state index contributed by atoms with van der Waals surface area (Å²) in [6.07, 6.45) is 4.87. The van der Waals surface area contributed by atoms with Crippen LogP contribution in [0.15, 0.2) is 5.51 Å². The van der Waals surface area contributed by atoms with Gasteiger partial charge in [0.1, 0.15) is 5.51 Å². The lowest BCUT2D eigenvalue weighted by Gasteiger charge is -2.23. The van der Waals surface area contributed by atoms with Gasteiger partial charge in [-0.25, -0.2) is 4.79 Å². The number of nitrogens with one attached hydrogen (secondary N) is 1. The largest absolute Gasteiger partial charge is 0.323 e. The number of likely N-dealkylation sites (tertiary alicyclic amines) is 1. The van der Waals surface area contributed by atoms with Crippen molar-refractivity contribution in [1.29, 1.82) is 0 Å². The van der Waals surface area contributed by atoms with Crippen molar-refractivity contribution in [3.63, 3.8) is 0 Å². The van der Waals surface area contributed by atoms with Crippen LogP contribution in [0.5, 0.6) is 0 Å². The molecule has 1 saturated heterocycles. The molecule has 2 heterocycles. The first-order valence-corrected chi connectivity index (χ1v) is 6.56. The summed E-state index contributed by atoms with van der Waals surface area (Å²) in [7, 11) is 0. The van der Waals surface area contributed by atoms with Gasteiger partial charge in [-0.3, -0.25) is 5.32 Å². The lowest BCUT2D eigenvalue weighted by molar-refractivity contribution is 0.203. The van der Waals surface area contributed by atoms with Gasteiger partial charge in [0.25, 0.3) is 0 Å². The molecule has 2 fully saturated rings. The molecule has 1 aromatic rings. The number of rotatable bonds is 1. The van der Waals surface area contributed by atoms with E-state index in [1.165, 1.54) is 24.2 Å². The molecule has 0 bridgehead atoms. The van der Waals surface area contributed by atoms with Crippen LogP contribution in [0.3, 0.4) is 0 Å². The molecule has 86 valence electrons. The Morgan fingerprint density at radius 3 is 3.25 bits per heavy atom. The second-order valence-electron chi connectivity index (χ2n) is 4.41. The summed E-state index contributed by atoms with van der Waals surface area (Å²) >= 11 is 1.35. The number of fused-ring (bicyclic) bond motifs is 1. The summed E-state index contributed by atoms with van der Waals surface area (Å²) in [6.45, 7) is 0.889. The number of amides is 2. The maximum Gasteiger partial charge on any atom is 0.323 e. The zero-order chi connectivity index (χ0) is 11.0. The Morgan fingerprint density at radius 2 is 2.44 bits per heavy atom. The normalized spacial score (nSPS) is 28.1. The van der Waals surface area contributed by atoms with Crippen molar-refractivity contribution >= 4 is 22.5 Å². The molecule has 3 rings (SSSR count). The summed E-state index contributed by atoms with van der Waals surface area (Å²) in [4.78, 5) is 14.0. The molecule has 16 heavy (non-hydrogen) atoms. The number of urea groups is 1. The molecule has 1 aliphatic heterocycles. The van der Waals surface area contributed by atoms with E-state index in [1.807, 2.05) is 4.90 Å². The molecule has 1 N–H and O–H groups in total. The summed E-state index contributed by atoms with van der Waals surface area (Å²) in [6, 6.07) is 0.457. The van der Waals surface area contributed by atoms with Gasteiger partial charge in [0.05, 0.1) is 0 Å². The number of aromatic nitrogens is 2. The first kappa shape index (κ1) is 10.0. The van der Waals surface area contributed by atoms with E-state index in [0.29, 0.717) is 11.2 Å². The average Bonchev–Trinajstić information content (AvgIpc) is 2.92. The molecule has 1 saturated carbocycles. The summed E-state index contributed by atoms with van der Waals surface area (Å²) in [5, 5.41) is 10.9. The number of carbonyl (C=O) groups is 1. The van der Waals surface area contributed by atoms with E-state index >= 15 is 0 Å². The minimum Gasteiger partial charge on any atom is -0.321 e. The highest BCUT2D eigenvalue weighted by Crippen LogP contribution is 2.37. The topological polar surface area (TPSA) is 58.1 Å². The number of hydrogen-bond acceptors (Lipinski definition) is 4. The van der Waals surface area contributed by atoms with Gasteiger partial charge >= 0.3 is 6.03 Å². The van der Waals surface area contributed by atoms with Gasteiger partial charge in [0, 0.05) is 12.6 Å². The SMILES string of the molecule is O=C(Nc1nncs1)N1CCC2CCCC21. The Hall–Kier alpha value is -1.17. The fourth-order valence-electron chi connectivity index (χ4n) is 2.88. The second kappa shape index (κ2) is 4.01. The van der Waals surface area contributed by atoms with Gasteiger partial charge in [-0.05, 0) is 25.2 Å². The average molecular weight is 238 g/mol. The molecule has 0 spiro atoms. The van der Waals surface area contributed by atoms with Gasteiger partial charge in [-0.15, -0.1) is 10.2 Å². The van der Waals surface area contributed by atoms with Gasteiger partial charge in [0.15, 0.2) is 0 Å².